The van der Waals surface area contributed by atoms with Gasteiger partial charge in [0.1, 0.15) is 0 Å². The Bertz CT molecular complexity index is 238. The maximum atomic E-state index is 11.8. The van der Waals surface area contributed by atoms with Crippen LogP contribution in [-0.4, -0.2) is 67.3 Å². The molecule has 5 heteroatoms. The zero-order valence-electron chi connectivity index (χ0n) is 11.1. The van der Waals surface area contributed by atoms with Crippen molar-refractivity contribution < 1.29 is 9.90 Å². The Balaban J connectivity index is 2.23. The lowest BCUT2D eigenvalue weighted by molar-refractivity contribution is 0.115. The number of rotatable bonds is 4. The number of nitrogens with one attached hydrogen (secondary N) is 1. The van der Waals surface area contributed by atoms with Crippen LogP contribution in [0.3, 0.4) is 0 Å². The van der Waals surface area contributed by atoms with Crippen molar-refractivity contribution >= 4 is 6.03 Å². The van der Waals surface area contributed by atoms with Crippen LogP contribution >= 0.6 is 0 Å². The van der Waals surface area contributed by atoms with E-state index in [9.17, 15) is 9.90 Å². The Hall–Kier alpha value is -0.810. The second-order valence-electron chi connectivity index (χ2n) is 5.18. The Morgan fingerprint density at radius 3 is 2.29 bits per heavy atom. The molecule has 1 aliphatic carbocycles. The van der Waals surface area contributed by atoms with E-state index < -0.39 is 0 Å². The van der Waals surface area contributed by atoms with Crippen molar-refractivity contribution in [3.05, 3.63) is 0 Å². The molecular weight excluding hydrogens is 218 g/mol. The monoisotopic (exact) mass is 243 g/mol. The van der Waals surface area contributed by atoms with Crippen LogP contribution in [0.4, 0.5) is 4.79 Å². The number of amides is 2. The first-order chi connectivity index (χ1) is 7.99. The molecule has 0 radical (unpaired) electrons. The quantitative estimate of drug-likeness (QED) is 0.755. The number of likely N-dealkylation sites (N-methyl/N-ethyl adjacent to an activating group) is 2. The highest BCUT2D eigenvalue weighted by atomic mass is 16.3. The lowest BCUT2D eigenvalue weighted by atomic mass is 9.93. The topological polar surface area (TPSA) is 55.8 Å². The first-order valence-electron chi connectivity index (χ1n) is 6.33. The Morgan fingerprint density at radius 1 is 1.18 bits per heavy atom. The molecule has 1 aliphatic rings. The van der Waals surface area contributed by atoms with E-state index in [2.05, 4.69) is 10.2 Å². The number of aliphatic hydroxyl groups excluding tert-OH is 1. The summed E-state index contributed by atoms with van der Waals surface area (Å²) in [6.45, 7) is 1.60. The number of nitrogens with zero attached hydrogens (tertiary/aromatic N) is 2. The van der Waals surface area contributed by atoms with Crippen LogP contribution in [-0.2, 0) is 0 Å². The molecule has 1 saturated carbocycles. The maximum absolute atomic E-state index is 11.8. The summed E-state index contributed by atoms with van der Waals surface area (Å²) in [7, 11) is 5.80. The first kappa shape index (κ1) is 14.3. The second-order valence-corrected chi connectivity index (χ2v) is 5.18. The van der Waals surface area contributed by atoms with Crippen LogP contribution in [0, 0.1) is 0 Å². The summed E-state index contributed by atoms with van der Waals surface area (Å²) in [6.07, 6.45) is 3.19. The molecule has 100 valence electrons. The van der Waals surface area contributed by atoms with E-state index >= 15 is 0 Å². The molecule has 5 nitrogen and oxygen atoms in total. The summed E-state index contributed by atoms with van der Waals surface area (Å²) in [5.74, 6) is 0. The van der Waals surface area contributed by atoms with E-state index in [4.69, 9.17) is 0 Å². The lowest BCUT2D eigenvalue weighted by Crippen LogP contribution is -2.46. The molecule has 17 heavy (non-hydrogen) atoms. The third-order valence-electron chi connectivity index (χ3n) is 3.25. The van der Waals surface area contributed by atoms with Gasteiger partial charge in [-0.2, -0.15) is 0 Å². The average Bonchev–Trinajstić information content (AvgIpc) is 2.28. The van der Waals surface area contributed by atoms with Crippen LogP contribution < -0.4 is 5.32 Å². The highest BCUT2D eigenvalue weighted by Crippen LogP contribution is 2.18. The van der Waals surface area contributed by atoms with E-state index in [-0.39, 0.29) is 18.2 Å². The van der Waals surface area contributed by atoms with Gasteiger partial charge in [-0.15, -0.1) is 0 Å². The molecule has 0 aromatic heterocycles. The van der Waals surface area contributed by atoms with Crippen LogP contribution in [0.5, 0.6) is 0 Å². The van der Waals surface area contributed by atoms with Gasteiger partial charge in [-0.3, -0.25) is 0 Å². The number of carbonyl (C=O) groups is 1. The van der Waals surface area contributed by atoms with E-state index in [0.29, 0.717) is 0 Å². The van der Waals surface area contributed by atoms with Gasteiger partial charge < -0.3 is 20.2 Å². The van der Waals surface area contributed by atoms with E-state index in [1.165, 1.54) is 0 Å². The molecule has 1 fully saturated rings. The molecule has 0 atom stereocenters. The van der Waals surface area contributed by atoms with Gasteiger partial charge in [0.25, 0.3) is 0 Å². The Kier molecular flexibility index (Phi) is 5.71. The van der Waals surface area contributed by atoms with Gasteiger partial charge in [0.05, 0.1) is 6.10 Å². The lowest BCUT2D eigenvalue weighted by Gasteiger charge is -2.28. The minimum absolute atomic E-state index is 0.00626. The van der Waals surface area contributed by atoms with E-state index in [1.54, 1.807) is 4.90 Å². The largest absolute Gasteiger partial charge is 0.393 e. The molecule has 0 bridgehead atoms. The summed E-state index contributed by atoms with van der Waals surface area (Å²) in [5, 5.41) is 12.4. The van der Waals surface area contributed by atoms with Gasteiger partial charge in [-0.05, 0) is 39.8 Å². The number of hydrogen-bond acceptors (Lipinski definition) is 3. The van der Waals surface area contributed by atoms with Crippen LogP contribution in [0.25, 0.3) is 0 Å². The van der Waals surface area contributed by atoms with Gasteiger partial charge >= 0.3 is 6.03 Å². The standard InChI is InChI=1S/C12H25N3O2/c1-14(2)8-9-15(3)12(17)13-10-4-6-11(16)7-5-10/h10-11,16H,4-9H2,1-3H3,(H,13,17). The highest BCUT2D eigenvalue weighted by molar-refractivity contribution is 5.74. The summed E-state index contributed by atoms with van der Waals surface area (Å²) >= 11 is 0. The van der Waals surface area contributed by atoms with Crippen molar-refractivity contribution in [3.63, 3.8) is 0 Å². The van der Waals surface area contributed by atoms with Gasteiger partial charge in [0.2, 0.25) is 0 Å². The summed E-state index contributed by atoms with van der Waals surface area (Å²) < 4.78 is 0. The smallest absolute Gasteiger partial charge is 0.317 e. The summed E-state index contributed by atoms with van der Waals surface area (Å²) in [4.78, 5) is 15.6. The third-order valence-corrected chi connectivity index (χ3v) is 3.25. The molecule has 1 rings (SSSR count). The zero-order chi connectivity index (χ0) is 12.8. The highest BCUT2D eigenvalue weighted by Gasteiger charge is 2.21. The first-order valence-corrected chi connectivity index (χ1v) is 6.33. The van der Waals surface area contributed by atoms with Crippen LogP contribution in [0.1, 0.15) is 25.7 Å². The predicted octanol–water partition coefficient (Wildman–Crippen LogP) is 0.493. The molecule has 0 saturated heterocycles. The maximum Gasteiger partial charge on any atom is 0.317 e. The van der Waals surface area contributed by atoms with Crippen molar-refractivity contribution in [1.29, 1.82) is 0 Å². The fourth-order valence-electron chi connectivity index (χ4n) is 1.96. The molecule has 0 heterocycles. The number of hydrogen-bond donors (Lipinski definition) is 2. The molecule has 2 N–H and O–H groups in total. The molecule has 0 unspecified atom stereocenters. The van der Waals surface area contributed by atoms with Crippen molar-refractivity contribution in [3.8, 4) is 0 Å². The molecule has 0 aliphatic heterocycles. The number of urea groups is 1. The van der Waals surface area contributed by atoms with Gasteiger partial charge in [-0.1, -0.05) is 0 Å². The normalized spacial score (nSPS) is 24.8. The zero-order valence-corrected chi connectivity index (χ0v) is 11.1. The average molecular weight is 243 g/mol. The van der Waals surface area contributed by atoms with Crippen molar-refractivity contribution in [2.45, 2.75) is 37.8 Å². The molecule has 0 aromatic rings. The van der Waals surface area contributed by atoms with Gasteiger partial charge in [0, 0.05) is 26.2 Å². The molecule has 0 aromatic carbocycles. The Morgan fingerprint density at radius 2 is 1.76 bits per heavy atom. The molecule has 2 amide bonds. The fraction of sp³-hybridized carbons (Fsp3) is 0.917. The van der Waals surface area contributed by atoms with E-state index in [1.807, 2.05) is 21.1 Å². The Labute approximate surface area is 104 Å². The SMILES string of the molecule is CN(C)CCN(C)C(=O)NC1CCC(O)CC1. The van der Waals surface area contributed by atoms with Crippen molar-refractivity contribution in [1.82, 2.24) is 15.1 Å². The predicted molar refractivity (Wildman–Crippen MR) is 68.0 cm³/mol. The summed E-state index contributed by atoms with van der Waals surface area (Å²) in [6, 6.07) is 0.223. The fourth-order valence-corrected chi connectivity index (χ4v) is 1.96. The van der Waals surface area contributed by atoms with Crippen LogP contribution in [0.15, 0.2) is 0 Å². The van der Waals surface area contributed by atoms with Gasteiger partial charge in [-0.25, -0.2) is 4.79 Å². The van der Waals surface area contributed by atoms with Gasteiger partial charge in [0.15, 0.2) is 0 Å². The molecular formula is C12H25N3O2. The molecule has 0 spiro atoms. The summed E-state index contributed by atoms with van der Waals surface area (Å²) in [5.41, 5.74) is 0. The van der Waals surface area contributed by atoms with Crippen LogP contribution in [0.2, 0.25) is 0 Å². The minimum Gasteiger partial charge on any atom is -0.393 e. The third kappa shape index (κ3) is 5.37. The number of aliphatic hydroxyl groups is 1. The minimum atomic E-state index is -0.172. The van der Waals surface area contributed by atoms with Crippen molar-refractivity contribution in [2.75, 3.05) is 34.2 Å². The second kappa shape index (κ2) is 6.81. The van der Waals surface area contributed by atoms with E-state index in [0.717, 1.165) is 38.8 Å². The van der Waals surface area contributed by atoms with Crippen molar-refractivity contribution in [2.24, 2.45) is 0 Å². The number of carbonyl (C=O) groups excluding carboxylic acids is 1.